The Morgan fingerprint density at radius 3 is 2.71 bits per heavy atom. The molecule has 0 spiro atoms. The van der Waals surface area contributed by atoms with Crippen LogP contribution in [0.25, 0.3) is 0 Å². The number of hydrogen-bond donors (Lipinski definition) is 0. The molecule has 1 aliphatic rings. The summed E-state index contributed by atoms with van der Waals surface area (Å²) in [6, 6.07) is 0. The van der Waals surface area contributed by atoms with Crippen molar-refractivity contribution in [3.05, 3.63) is 6.92 Å². The number of rotatable bonds is 6. The molecule has 1 saturated heterocycles. The van der Waals surface area contributed by atoms with E-state index in [1.165, 1.54) is 25.7 Å². The van der Waals surface area contributed by atoms with Crippen molar-refractivity contribution in [2.45, 2.75) is 51.2 Å². The Morgan fingerprint density at radius 2 is 2.07 bits per heavy atom. The smallest absolute Gasteiger partial charge is 0.353 e. The second-order valence-corrected chi connectivity index (χ2v) is 3.58. The Kier molecular flexibility index (Phi) is 10.4. The summed E-state index contributed by atoms with van der Waals surface area (Å²) in [6.07, 6.45) is 8.26. The molecule has 3 heteroatoms. The molecule has 0 saturated carbocycles. The molecule has 1 aliphatic heterocycles. The van der Waals surface area contributed by atoms with Crippen LogP contribution in [0.4, 0.5) is 0 Å². The van der Waals surface area contributed by atoms with Gasteiger partial charge in [-0.25, -0.2) is 0 Å². The van der Waals surface area contributed by atoms with Gasteiger partial charge in [-0.3, -0.25) is 0 Å². The van der Waals surface area contributed by atoms with Crippen molar-refractivity contribution in [2.24, 2.45) is 0 Å². The van der Waals surface area contributed by atoms with E-state index >= 15 is 0 Å². The zero-order valence-corrected chi connectivity index (χ0v) is 9.46. The van der Waals surface area contributed by atoms with Gasteiger partial charge in [-0.1, -0.05) is 12.8 Å². The van der Waals surface area contributed by atoms with Gasteiger partial charge in [0.2, 0.25) is 0 Å². The Bertz CT molecular complexity index is 114. The maximum atomic E-state index is 5.59. The van der Waals surface area contributed by atoms with Gasteiger partial charge < -0.3 is 16.4 Å². The summed E-state index contributed by atoms with van der Waals surface area (Å²) in [7, 11) is 0. The largest absolute Gasteiger partial charge is 1.00 e. The number of ether oxygens (including phenoxy) is 2. The van der Waals surface area contributed by atoms with Crippen molar-refractivity contribution >= 4 is 0 Å². The van der Waals surface area contributed by atoms with Crippen molar-refractivity contribution < 1.29 is 28.3 Å². The first kappa shape index (κ1) is 14.5. The van der Waals surface area contributed by atoms with E-state index in [1.807, 2.05) is 0 Å². The first-order chi connectivity index (χ1) is 6.43. The van der Waals surface area contributed by atoms with E-state index in [4.69, 9.17) is 9.47 Å². The molecule has 14 heavy (non-hydrogen) atoms. The summed E-state index contributed by atoms with van der Waals surface area (Å²) in [4.78, 5) is 0. The molecule has 1 fully saturated rings. The van der Waals surface area contributed by atoms with Gasteiger partial charge >= 0.3 is 18.9 Å². The number of hydrogen-bond acceptors (Lipinski definition) is 2. The van der Waals surface area contributed by atoms with Crippen LogP contribution < -0.4 is 18.9 Å². The van der Waals surface area contributed by atoms with Crippen LogP contribution in [-0.4, -0.2) is 19.5 Å². The second-order valence-electron chi connectivity index (χ2n) is 3.58. The molecule has 0 aromatic carbocycles. The average molecular weight is 192 g/mol. The topological polar surface area (TPSA) is 18.5 Å². The van der Waals surface area contributed by atoms with Gasteiger partial charge in [0.25, 0.3) is 0 Å². The van der Waals surface area contributed by atoms with Gasteiger partial charge in [-0.2, -0.15) is 6.42 Å². The van der Waals surface area contributed by atoms with Gasteiger partial charge in [-0.15, -0.1) is 0 Å². The minimum absolute atomic E-state index is 0. The maximum absolute atomic E-state index is 5.59. The molecule has 1 heterocycles. The molecule has 0 bridgehead atoms. The van der Waals surface area contributed by atoms with E-state index in [-0.39, 0.29) is 25.2 Å². The van der Waals surface area contributed by atoms with Crippen molar-refractivity contribution in [3.8, 4) is 0 Å². The van der Waals surface area contributed by atoms with Crippen molar-refractivity contribution in [3.63, 3.8) is 0 Å². The Hall–Kier alpha value is 0.517. The monoisotopic (exact) mass is 192 g/mol. The van der Waals surface area contributed by atoms with Crippen molar-refractivity contribution in [1.29, 1.82) is 0 Å². The molecular formula is C11H21LiO2. The molecule has 0 N–H and O–H groups in total. The SMILES string of the molecule is [CH2-]CCCCCOC1CCCCO1.[Li+]. The molecule has 1 atom stereocenters. The van der Waals surface area contributed by atoms with Gasteiger partial charge in [0.05, 0.1) is 0 Å². The van der Waals surface area contributed by atoms with Crippen LogP contribution in [0.5, 0.6) is 0 Å². The van der Waals surface area contributed by atoms with Gasteiger partial charge in [0, 0.05) is 13.2 Å². The molecule has 0 aromatic rings. The summed E-state index contributed by atoms with van der Waals surface area (Å²) in [5, 5.41) is 0. The minimum atomic E-state index is 0. The predicted octanol–water partition coefficient (Wildman–Crippen LogP) is -0.0719. The van der Waals surface area contributed by atoms with Crippen LogP contribution in [0.1, 0.15) is 44.9 Å². The van der Waals surface area contributed by atoms with E-state index in [0.717, 1.165) is 32.5 Å². The third-order valence-electron chi connectivity index (χ3n) is 2.34. The minimum Gasteiger partial charge on any atom is -0.353 e. The van der Waals surface area contributed by atoms with Gasteiger partial charge in [0.15, 0.2) is 6.29 Å². The summed E-state index contributed by atoms with van der Waals surface area (Å²) < 4.78 is 11.0. The third kappa shape index (κ3) is 6.90. The summed E-state index contributed by atoms with van der Waals surface area (Å²) in [6.45, 7) is 5.54. The number of unbranched alkanes of at least 4 members (excludes halogenated alkanes) is 3. The van der Waals surface area contributed by atoms with Crippen LogP contribution in [0.2, 0.25) is 0 Å². The Morgan fingerprint density at radius 1 is 1.21 bits per heavy atom. The van der Waals surface area contributed by atoms with Crippen LogP contribution in [0, 0.1) is 6.92 Å². The zero-order chi connectivity index (χ0) is 9.36. The van der Waals surface area contributed by atoms with E-state index in [1.54, 1.807) is 0 Å². The summed E-state index contributed by atoms with van der Waals surface area (Å²) in [5.74, 6) is 0. The quantitative estimate of drug-likeness (QED) is 0.333. The Balaban J connectivity index is 0.00000169. The fraction of sp³-hybridized carbons (Fsp3) is 0.909. The molecule has 2 nitrogen and oxygen atoms in total. The summed E-state index contributed by atoms with van der Waals surface area (Å²) in [5.41, 5.74) is 0. The van der Waals surface area contributed by atoms with Crippen LogP contribution in [0.15, 0.2) is 0 Å². The van der Waals surface area contributed by atoms with Gasteiger partial charge in [-0.05, 0) is 25.7 Å². The van der Waals surface area contributed by atoms with Crippen LogP contribution >= 0.6 is 0 Å². The molecule has 1 rings (SSSR count). The van der Waals surface area contributed by atoms with E-state index in [2.05, 4.69) is 6.92 Å². The third-order valence-corrected chi connectivity index (χ3v) is 2.34. The molecular weight excluding hydrogens is 171 g/mol. The molecule has 78 valence electrons. The normalized spacial score (nSPS) is 21.6. The van der Waals surface area contributed by atoms with Crippen molar-refractivity contribution in [2.75, 3.05) is 13.2 Å². The predicted molar refractivity (Wildman–Crippen MR) is 53.4 cm³/mol. The molecule has 0 aliphatic carbocycles. The molecule has 0 amide bonds. The zero-order valence-electron chi connectivity index (χ0n) is 9.46. The standard InChI is InChI=1S/C11H21O2.Li/c1-2-3-4-6-9-12-11-8-5-7-10-13-11;/h11H,1-10H2;/q-1;+1. The fourth-order valence-corrected chi connectivity index (χ4v) is 1.51. The van der Waals surface area contributed by atoms with Crippen LogP contribution in [0.3, 0.4) is 0 Å². The fourth-order valence-electron chi connectivity index (χ4n) is 1.51. The molecule has 1 unspecified atom stereocenters. The van der Waals surface area contributed by atoms with E-state index < -0.39 is 0 Å². The first-order valence-electron chi connectivity index (χ1n) is 5.46. The van der Waals surface area contributed by atoms with Crippen LogP contribution in [-0.2, 0) is 9.47 Å². The van der Waals surface area contributed by atoms with E-state index in [0.29, 0.717) is 0 Å². The van der Waals surface area contributed by atoms with Crippen molar-refractivity contribution in [1.82, 2.24) is 0 Å². The average Bonchev–Trinajstić information content (AvgIpc) is 2.19. The first-order valence-corrected chi connectivity index (χ1v) is 5.46. The second kappa shape index (κ2) is 10.0. The van der Waals surface area contributed by atoms with Gasteiger partial charge in [0.1, 0.15) is 0 Å². The molecule has 0 aromatic heterocycles. The van der Waals surface area contributed by atoms with E-state index in [9.17, 15) is 0 Å². The maximum Gasteiger partial charge on any atom is 1.00 e. The molecule has 0 radical (unpaired) electrons. The summed E-state index contributed by atoms with van der Waals surface area (Å²) >= 11 is 0. The Labute approximate surface area is 99.9 Å².